The monoisotopic (exact) mass is 446 g/mol. The molecule has 0 radical (unpaired) electrons. The Hall–Kier alpha value is -4.33. The van der Waals surface area contributed by atoms with Crippen LogP contribution in [0.5, 0.6) is 0 Å². The molecule has 1 amide bonds. The number of aryl methyl sites for hydroxylation is 2. The number of Topliss-reactive ketones (excluding diaryl/α,β-unsaturated/α-hetero) is 1. The number of hydrogen-bond acceptors (Lipinski definition) is 5. The molecule has 7 nitrogen and oxygen atoms in total. The molecule has 8 heteroatoms. The normalized spacial score (nSPS) is 17.4. The fourth-order valence-electron chi connectivity index (χ4n) is 4.05. The summed E-state index contributed by atoms with van der Waals surface area (Å²) in [4.78, 5) is 37.9. The molecule has 1 unspecified atom stereocenters. The van der Waals surface area contributed by atoms with Crippen molar-refractivity contribution in [2.45, 2.75) is 19.9 Å². The average Bonchev–Trinajstić information content (AvgIpc) is 3.04. The van der Waals surface area contributed by atoms with E-state index in [1.165, 1.54) is 53.4 Å². The van der Waals surface area contributed by atoms with Gasteiger partial charge in [-0.3, -0.25) is 24.6 Å². The summed E-state index contributed by atoms with van der Waals surface area (Å²) in [5.41, 5.74) is 2.42. The molecule has 1 aliphatic heterocycles. The molecule has 1 aliphatic rings. The summed E-state index contributed by atoms with van der Waals surface area (Å²) in [5.74, 6) is -2.70. The summed E-state index contributed by atoms with van der Waals surface area (Å²) < 4.78 is 13.6. The van der Waals surface area contributed by atoms with Gasteiger partial charge in [0, 0.05) is 23.4 Å². The van der Waals surface area contributed by atoms with Crippen molar-refractivity contribution in [3.05, 3.63) is 110 Å². The number of benzene rings is 3. The zero-order chi connectivity index (χ0) is 23.9. The van der Waals surface area contributed by atoms with Gasteiger partial charge < -0.3 is 5.11 Å². The van der Waals surface area contributed by atoms with E-state index in [2.05, 4.69) is 0 Å². The van der Waals surface area contributed by atoms with Gasteiger partial charge in [0.15, 0.2) is 0 Å². The third-order valence-corrected chi connectivity index (χ3v) is 5.47. The number of rotatable bonds is 4. The smallest absolute Gasteiger partial charge is 0.300 e. The van der Waals surface area contributed by atoms with E-state index in [0.717, 1.165) is 11.1 Å². The molecule has 0 bridgehead atoms. The number of halogens is 1. The van der Waals surface area contributed by atoms with Gasteiger partial charge in [0.2, 0.25) is 0 Å². The highest BCUT2D eigenvalue weighted by atomic mass is 19.1. The fraction of sp³-hybridized carbons (Fsp3) is 0.120. The zero-order valence-electron chi connectivity index (χ0n) is 17.8. The summed E-state index contributed by atoms with van der Waals surface area (Å²) in [6.45, 7) is 3.72. The van der Waals surface area contributed by atoms with E-state index in [0.29, 0.717) is 11.3 Å². The molecule has 3 aromatic rings. The minimum atomic E-state index is -1.01. The van der Waals surface area contributed by atoms with Crippen LogP contribution in [0.1, 0.15) is 28.3 Å². The van der Waals surface area contributed by atoms with Crippen LogP contribution in [0, 0.1) is 29.8 Å². The quantitative estimate of drug-likeness (QED) is 0.200. The van der Waals surface area contributed by atoms with Crippen LogP contribution in [-0.2, 0) is 9.59 Å². The van der Waals surface area contributed by atoms with Crippen LogP contribution in [0.2, 0.25) is 0 Å². The summed E-state index contributed by atoms with van der Waals surface area (Å²) in [6, 6.07) is 14.7. The molecule has 3 aromatic carbocycles. The van der Waals surface area contributed by atoms with E-state index in [4.69, 9.17) is 0 Å². The van der Waals surface area contributed by atoms with Crippen molar-refractivity contribution in [1.82, 2.24) is 0 Å². The fourth-order valence-corrected chi connectivity index (χ4v) is 4.05. The standard InChI is InChI=1S/C25H19FN2O5/c1-14-11-15(2)13-20(12-14)27-22(16-3-7-18(26)8-4-16)21(24(30)25(27)31)23(29)17-5-9-19(10-6-17)28(32)33/h3-13,22,29H,1-2H3/b23-21-. The summed E-state index contributed by atoms with van der Waals surface area (Å²) in [7, 11) is 0. The number of aliphatic hydroxyl groups excluding tert-OH is 1. The number of carbonyl (C=O) groups is 2. The van der Waals surface area contributed by atoms with E-state index in [-0.39, 0.29) is 16.8 Å². The molecule has 33 heavy (non-hydrogen) atoms. The number of nitro benzene ring substituents is 1. The molecule has 1 saturated heterocycles. The van der Waals surface area contributed by atoms with Crippen molar-refractivity contribution < 1.29 is 24.0 Å². The van der Waals surface area contributed by atoms with Gasteiger partial charge in [-0.15, -0.1) is 0 Å². The first-order chi connectivity index (χ1) is 15.7. The van der Waals surface area contributed by atoms with Gasteiger partial charge in [-0.2, -0.15) is 0 Å². The second-order valence-corrected chi connectivity index (χ2v) is 7.87. The van der Waals surface area contributed by atoms with Gasteiger partial charge >= 0.3 is 0 Å². The van der Waals surface area contributed by atoms with Crippen molar-refractivity contribution in [3.63, 3.8) is 0 Å². The Balaban J connectivity index is 1.93. The van der Waals surface area contributed by atoms with Gasteiger partial charge in [-0.25, -0.2) is 4.39 Å². The molecule has 0 saturated carbocycles. The van der Waals surface area contributed by atoms with Gasteiger partial charge in [-0.1, -0.05) is 18.2 Å². The first-order valence-corrected chi connectivity index (χ1v) is 10.1. The molecule has 1 atom stereocenters. The highest BCUT2D eigenvalue weighted by molar-refractivity contribution is 6.51. The number of anilines is 1. The summed E-state index contributed by atoms with van der Waals surface area (Å²) in [6.07, 6.45) is 0. The molecule has 1 N–H and O–H groups in total. The number of nitro groups is 1. The number of ketones is 1. The molecule has 0 aromatic heterocycles. The van der Waals surface area contributed by atoms with E-state index in [9.17, 15) is 29.2 Å². The SMILES string of the molecule is Cc1cc(C)cc(N2C(=O)C(=O)/C(=C(\O)c3ccc([N+](=O)[O-])cc3)C2c2ccc(F)cc2)c1. The Labute approximate surface area is 188 Å². The van der Waals surface area contributed by atoms with Crippen LogP contribution in [0.3, 0.4) is 0 Å². The zero-order valence-corrected chi connectivity index (χ0v) is 17.8. The summed E-state index contributed by atoms with van der Waals surface area (Å²) in [5, 5.41) is 22.0. The second-order valence-electron chi connectivity index (χ2n) is 7.87. The second kappa shape index (κ2) is 8.31. The maximum Gasteiger partial charge on any atom is 0.300 e. The van der Waals surface area contributed by atoms with Crippen LogP contribution in [0.25, 0.3) is 5.76 Å². The largest absolute Gasteiger partial charge is 0.507 e. The third-order valence-electron chi connectivity index (χ3n) is 5.47. The Kier molecular flexibility index (Phi) is 5.51. The van der Waals surface area contributed by atoms with Gasteiger partial charge in [0.1, 0.15) is 11.6 Å². The third kappa shape index (κ3) is 3.98. The van der Waals surface area contributed by atoms with Crippen LogP contribution in [0.4, 0.5) is 15.8 Å². The Morgan fingerprint density at radius 2 is 1.55 bits per heavy atom. The van der Waals surface area contributed by atoms with Crippen molar-refractivity contribution in [2.24, 2.45) is 0 Å². The molecule has 0 aliphatic carbocycles. The van der Waals surface area contributed by atoms with Crippen LogP contribution in [-0.4, -0.2) is 21.7 Å². The highest BCUT2D eigenvalue weighted by Crippen LogP contribution is 2.42. The van der Waals surface area contributed by atoms with Gasteiger partial charge in [0.25, 0.3) is 17.4 Å². The lowest BCUT2D eigenvalue weighted by Crippen LogP contribution is -2.29. The molecule has 4 rings (SSSR count). The molecular weight excluding hydrogens is 427 g/mol. The summed E-state index contributed by atoms with van der Waals surface area (Å²) >= 11 is 0. The number of amides is 1. The Morgan fingerprint density at radius 1 is 0.970 bits per heavy atom. The van der Waals surface area contributed by atoms with Crippen molar-refractivity contribution >= 4 is 28.8 Å². The van der Waals surface area contributed by atoms with Crippen LogP contribution < -0.4 is 4.90 Å². The van der Waals surface area contributed by atoms with Gasteiger partial charge in [-0.05, 0) is 66.9 Å². The minimum Gasteiger partial charge on any atom is -0.507 e. The minimum absolute atomic E-state index is 0.145. The maximum atomic E-state index is 13.6. The molecular formula is C25H19FN2O5. The average molecular weight is 446 g/mol. The van der Waals surface area contributed by atoms with Gasteiger partial charge in [0.05, 0.1) is 16.5 Å². The van der Waals surface area contributed by atoms with Crippen molar-refractivity contribution in [1.29, 1.82) is 0 Å². The van der Waals surface area contributed by atoms with E-state index < -0.39 is 34.2 Å². The molecule has 166 valence electrons. The van der Waals surface area contributed by atoms with Crippen molar-refractivity contribution in [3.8, 4) is 0 Å². The highest BCUT2D eigenvalue weighted by Gasteiger charge is 2.47. The number of hydrogen-bond donors (Lipinski definition) is 1. The number of aliphatic hydroxyl groups is 1. The maximum absolute atomic E-state index is 13.6. The van der Waals surface area contributed by atoms with Crippen LogP contribution >= 0.6 is 0 Å². The lowest BCUT2D eigenvalue weighted by molar-refractivity contribution is -0.384. The Morgan fingerprint density at radius 3 is 2.09 bits per heavy atom. The molecule has 1 fully saturated rings. The van der Waals surface area contributed by atoms with E-state index in [1.807, 2.05) is 19.9 Å². The lowest BCUT2D eigenvalue weighted by atomic mass is 9.95. The first-order valence-electron chi connectivity index (χ1n) is 10.1. The topological polar surface area (TPSA) is 101 Å². The molecule has 1 heterocycles. The Bertz CT molecular complexity index is 1290. The van der Waals surface area contributed by atoms with Crippen LogP contribution in [0.15, 0.2) is 72.3 Å². The van der Waals surface area contributed by atoms with Crippen molar-refractivity contribution in [2.75, 3.05) is 4.90 Å². The number of nitrogens with zero attached hydrogens (tertiary/aromatic N) is 2. The van der Waals surface area contributed by atoms with E-state index >= 15 is 0 Å². The predicted octanol–water partition coefficient (Wildman–Crippen LogP) is 4.98. The predicted molar refractivity (Wildman–Crippen MR) is 120 cm³/mol. The van der Waals surface area contributed by atoms with E-state index in [1.54, 1.807) is 12.1 Å². The number of non-ortho nitro benzene ring substituents is 1. The number of carbonyl (C=O) groups excluding carboxylic acids is 2. The first kappa shape index (κ1) is 21.9. The lowest BCUT2D eigenvalue weighted by Gasteiger charge is -2.26. The molecule has 0 spiro atoms.